The van der Waals surface area contributed by atoms with Crippen molar-refractivity contribution in [2.75, 3.05) is 6.61 Å². The number of hydrogen-bond acceptors (Lipinski definition) is 4. The normalized spacial score (nSPS) is 13.3. The monoisotopic (exact) mass is 317 g/mol. The predicted octanol–water partition coefficient (Wildman–Crippen LogP) is 1.88. The molecule has 21 heavy (non-hydrogen) atoms. The third-order valence-electron chi connectivity index (χ3n) is 2.87. The number of furan rings is 1. The Kier molecular flexibility index (Phi) is 4.40. The van der Waals surface area contributed by atoms with Crippen molar-refractivity contribution in [3.63, 3.8) is 0 Å². The second-order valence-electron chi connectivity index (χ2n) is 4.40. The van der Waals surface area contributed by atoms with E-state index >= 15 is 0 Å². The lowest BCUT2D eigenvalue weighted by Gasteiger charge is -2.15. The fourth-order valence-corrected chi connectivity index (χ4v) is 3.03. The lowest BCUT2D eigenvalue weighted by Crippen LogP contribution is -2.31. The Morgan fingerprint density at radius 3 is 2.62 bits per heavy atom. The van der Waals surface area contributed by atoms with Gasteiger partial charge in [0.15, 0.2) is 0 Å². The van der Waals surface area contributed by atoms with E-state index in [0.29, 0.717) is 6.07 Å². The fraction of sp³-hybridized carbons (Fsp3) is 0.231. The molecule has 0 amide bonds. The van der Waals surface area contributed by atoms with E-state index in [1.165, 1.54) is 25.3 Å². The maximum absolute atomic E-state index is 13.8. The molecule has 114 valence electrons. The molecule has 0 radical (unpaired) electrons. The molecule has 1 atom stereocenters. The number of sulfonamides is 1. The Hall–Kier alpha value is -1.77. The van der Waals surface area contributed by atoms with E-state index in [2.05, 4.69) is 4.72 Å². The van der Waals surface area contributed by atoms with Crippen molar-refractivity contribution in [1.82, 2.24) is 4.72 Å². The smallest absolute Gasteiger partial charge is 0.244 e. The van der Waals surface area contributed by atoms with Crippen LogP contribution in [0.3, 0.4) is 0 Å². The summed E-state index contributed by atoms with van der Waals surface area (Å²) < 4.78 is 58.5. The first-order valence-corrected chi connectivity index (χ1v) is 7.45. The van der Waals surface area contributed by atoms with Gasteiger partial charge in [0, 0.05) is 0 Å². The number of halogens is 2. The molecule has 1 aromatic heterocycles. The second-order valence-corrected chi connectivity index (χ2v) is 6.09. The van der Waals surface area contributed by atoms with Crippen molar-refractivity contribution in [1.29, 1.82) is 0 Å². The number of nitrogens with one attached hydrogen (secondary N) is 1. The van der Waals surface area contributed by atoms with Crippen LogP contribution in [0.5, 0.6) is 0 Å². The highest BCUT2D eigenvalue weighted by atomic mass is 32.2. The number of aryl methyl sites for hydroxylation is 1. The van der Waals surface area contributed by atoms with Gasteiger partial charge in [-0.15, -0.1) is 0 Å². The molecule has 5 nitrogen and oxygen atoms in total. The molecular formula is C13H13F2NO4S. The van der Waals surface area contributed by atoms with Crippen LogP contribution >= 0.6 is 0 Å². The van der Waals surface area contributed by atoms with Crippen molar-refractivity contribution in [2.45, 2.75) is 17.9 Å². The van der Waals surface area contributed by atoms with Gasteiger partial charge in [0.05, 0.1) is 12.9 Å². The summed E-state index contributed by atoms with van der Waals surface area (Å²) in [6.07, 6.45) is 1.30. The minimum Gasteiger partial charge on any atom is -0.468 e. The molecule has 0 aliphatic rings. The topological polar surface area (TPSA) is 79.5 Å². The Morgan fingerprint density at radius 1 is 1.33 bits per heavy atom. The molecule has 8 heteroatoms. The summed E-state index contributed by atoms with van der Waals surface area (Å²) in [5.74, 6) is -1.75. The van der Waals surface area contributed by atoms with E-state index in [9.17, 15) is 22.3 Å². The molecule has 0 aliphatic carbocycles. The number of benzene rings is 1. The van der Waals surface area contributed by atoms with Gasteiger partial charge in [0.2, 0.25) is 10.0 Å². The molecule has 0 saturated heterocycles. The molecule has 1 heterocycles. The molecule has 0 fully saturated rings. The van der Waals surface area contributed by atoms with Crippen molar-refractivity contribution in [2.24, 2.45) is 0 Å². The fourth-order valence-electron chi connectivity index (χ4n) is 1.76. The van der Waals surface area contributed by atoms with Gasteiger partial charge in [-0.05, 0) is 36.8 Å². The Balaban J connectivity index is 2.36. The zero-order valence-corrected chi connectivity index (χ0v) is 11.8. The third kappa shape index (κ3) is 3.29. The van der Waals surface area contributed by atoms with Crippen LogP contribution < -0.4 is 4.72 Å². The van der Waals surface area contributed by atoms with Crippen molar-refractivity contribution in [3.8, 4) is 0 Å². The van der Waals surface area contributed by atoms with E-state index in [0.717, 1.165) is 6.07 Å². The first-order chi connectivity index (χ1) is 9.85. The van der Waals surface area contributed by atoms with E-state index < -0.39 is 39.2 Å². The first kappa shape index (κ1) is 15.6. The van der Waals surface area contributed by atoms with Gasteiger partial charge >= 0.3 is 0 Å². The minimum atomic E-state index is -4.35. The van der Waals surface area contributed by atoms with Crippen molar-refractivity contribution in [3.05, 3.63) is 53.5 Å². The van der Waals surface area contributed by atoms with Gasteiger partial charge in [0.25, 0.3) is 0 Å². The first-order valence-electron chi connectivity index (χ1n) is 5.97. The summed E-state index contributed by atoms with van der Waals surface area (Å²) in [7, 11) is -4.35. The molecule has 2 rings (SSSR count). The Labute approximate surface area is 120 Å². The van der Waals surface area contributed by atoms with Crippen LogP contribution in [0.25, 0.3) is 0 Å². The third-order valence-corrected chi connectivity index (χ3v) is 4.36. The Morgan fingerprint density at radius 2 is 2.05 bits per heavy atom. The maximum atomic E-state index is 13.8. The van der Waals surface area contributed by atoms with E-state index in [1.54, 1.807) is 0 Å². The van der Waals surface area contributed by atoms with Gasteiger partial charge in [0.1, 0.15) is 28.3 Å². The van der Waals surface area contributed by atoms with Crippen LogP contribution in [0.2, 0.25) is 0 Å². The molecule has 2 aromatic rings. The van der Waals surface area contributed by atoms with E-state index in [1.807, 2.05) is 0 Å². The lowest BCUT2D eigenvalue weighted by molar-refractivity contribution is 0.241. The average Bonchev–Trinajstić information content (AvgIpc) is 2.94. The number of aliphatic hydroxyl groups excluding tert-OH is 1. The average molecular weight is 317 g/mol. The van der Waals surface area contributed by atoms with Crippen LogP contribution in [-0.2, 0) is 10.0 Å². The highest BCUT2D eigenvalue weighted by Crippen LogP contribution is 2.22. The minimum absolute atomic E-state index is 0.00353. The van der Waals surface area contributed by atoms with Crippen LogP contribution in [-0.4, -0.2) is 20.1 Å². The molecule has 0 aliphatic heterocycles. The molecular weight excluding hydrogens is 304 g/mol. The quantitative estimate of drug-likeness (QED) is 0.882. The molecule has 1 aromatic carbocycles. The standard InChI is InChI=1S/C13H13F2NO4S/c1-8-5-10(15)13(6-9(8)14)21(18,19)16-11(7-17)12-3-2-4-20-12/h2-6,11,16-17H,7H2,1H3. The number of rotatable bonds is 5. The van der Waals surface area contributed by atoms with Crippen LogP contribution in [0.15, 0.2) is 39.8 Å². The molecule has 1 unspecified atom stereocenters. The largest absolute Gasteiger partial charge is 0.468 e. The van der Waals surface area contributed by atoms with Gasteiger partial charge in [-0.25, -0.2) is 17.2 Å². The molecule has 0 saturated carbocycles. The summed E-state index contributed by atoms with van der Waals surface area (Å²) in [6.45, 7) is 0.727. The lowest BCUT2D eigenvalue weighted by atomic mass is 10.2. The zero-order valence-electron chi connectivity index (χ0n) is 11.0. The SMILES string of the molecule is Cc1cc(F)c(S(=O)(=O)NC(CO)c2ccco2)cc1F. The van der Waals surface area contributed by atoms with Crippen LogP contribution in [0, 0.1) is 18.6 Å². The second kappa shape index (κ2) is 5.92. The van der Waals surface area contributed by atoms with E-state index in [4.69, 9.17) is 4.42 Å². The van der Waals surface area contributed by atoms with Gasteiger partial charge in [-0.1, -0.05) is 0 Å². The van der Waals surface area contributed by atoms with Gasteiger partial charge in [-0.3, -0.25) is 0 Å². The molecule has 0 bridgehead atoms. The summed E-state index contributed by atoms with van der Waals surface area (Å²) >= 11 is 0. The summed E-state index contributed by atoms with van der Waals surface area (Å²) in [5, 5.41) is 9.22. The van der Waals surface area contributed by atoms with Gasteiger partial charge < -0.3 is 9.52 Å². The predicted molar refractivity (Wildman–Crippen MR) is 70.0 cm³/mol. The maximum Gasteiger partial charge on any atom is 0.244 e. The number of hydrogen-bond donors (Lipinski definition) is 2. The van der Waals surface area contributed by atoms with Crippen LogP contribution in [0.4, 0.5) is 8.78 Å². The zero-order chi connectivity index (χ0) is 15.6. The summed E-state index contributed by atoms with van der Waals surface area (Å²) in [5.41, 5.74) is -0.00353. The van der Waals surface area contributed by atoms with Crippen molar-refractivity contribution < 1.29 is 26.7 Å². The molecule has 0 spiro atoms. The summed E-state index contributed by atoms with van der Waals surface area (Å²) in [4.78, 5) is -0.824. The number of aliphatic hydroxyl groups is 1. The van der Waals surface area contributed by atoms with Crippen molar-refractivity contribution >= 4 is 10.0 Å². The summed E-state index contributed by atoms with van der Waals surface area (Å²) in [6, 6.07) is 3.27. The highest BCUT2D eigenvalue weighted by Gasteiger charge is 2.26. The highest BCUT2D eigenvalue weighted by molar-refractivity contribution is 7.89. The van der Waals surface area contributed by atoms with Crippen LogP contribution in [0.1, 0.15) is 17.4 Å². The molecule has 2 N–H and O–H groups in total. The Bertz CT molecular complexity index is 729. The van der Waals surface area contributed by atoms with Gasteiger partial charge in [-0.2, -0.15) is 4.72 Å². The van der Waals surface area contributed by atoms with E-state index in [-0.39, 0.29) is 11.3 Å².